The Morgan fingerprint density at radius 3 is 2.20 bits per heavy atom. The molecule has 0 amide bonds. The van der Waals surface area contributed by atoms with Gasteiger partial charge in [-0.1, -0.05) is 29.8 Å². The van der Waals surface area contributed by atoms with Crippen LogP contribution in [0.5, 0.6) is 5.88 Å². The van der Waals surface area contributed by atoms with Crippen molar-refractivity contribution < 1.29 is 5.11 Å². The molecule has 0 aliphatic rings. The molecule has 1 N–H and O–H groups in total. The average molecular weight is 202 g/mol. The molecule has 1 aromatic heterocycles. The molecule has 0 radical (unpaired) electrons. The van der Waals surface area contributed by atoms with Gasteiger partial charge in [-0.25, -0.2) is 4.68 Å². The summed E-state index contributed by atoms with van der Waals surface area (Å²) in [7, 11) is 1.74. The maximum absolute atomic E-state index is 9.64. The topological polar surface area (TPSA) is 38.0 Å². The van der Waals surface area contributed by atoms with Gasteiger partial charge in [0, 0.05) is 18.2 Å². The monoisotopic (exact) mass is 202 g/mol. The molecule has 15 heavy (non-hydrogen) atoms. The van der Waals surface area contributed by atoms with Gasteiger partial charge in [-0.05, 0) is 13.8 Å². The molecule has 0 spiro atoms. The smallest absolute Gasteiger partial charge is 0.212 e. The molecule has 0 bridgehead atoms. The van der Waals surface area contributed by atoms with Crippen molar-refractivity contribution >= 4 is 0 Å². The summed E-state index contributed by atoms with van der Waals surface area (Å²) in [5, 5.41) is 13.9. The summed E-state index contributed by atoms with van der Waals surface area (Å²) in [6.45, 7) is 3.92. The fraction of sp³-hybridized carbons (Fsp3) is 0.250. The third kappa shape index (κ3) is 1.61. The van der Waals surface area contributed by atoms with E-state index in [1.807, 2.05) is 38.1 Å². The van der Waals surface area contributed by atoms with Crippen LogP contribution in [0.2, 0.25) is 0 Å². The Morgan fingerprint density at radius 1 is 1.13 bits per heavy atom. The normalized spacial score (nSPS) is 10.6. The first-order valence-electron chi connectivity index (χ1n) is 4.89. The zero-order valence-electron chi connectivity index (χ0n) is 9.15. The maximum atomic E-state index is 9.64. The van der Waals surface area contributed by atoms with Gasteiger partial charge in [0.05, 0.1) is 5.69 Å². The number of aryl methyl sites for hydroxylation is 2. The maximum Gasteiger partial charge on any atom is 0.212 e. The lowest BCUT2D eigenvalue weighted by atomic mass is 10.1. The lowest BCUT2D eigenvalue weighted by Crippen LogP contribution is -1.89. The Balaban J connectivity index is 2.54. The van der Waals surface area contributed by atoms with Crippen LogP contribution in [0.3, 0.4) is 0 Å². The van der Waals surface area contributed by atoms with E-state index >= 15 is 0 Å². The van der Waals surface area contributed by atoms with Crippen LogP contribution in [0, 0.1) is 13.8 Å². The van der Waals surface area contributed by atoms with Crippen LogP contribution >= 0.6 is 0 Å². The summed E-state index contributed by atoms with van der Waals surface area (Å²) in [5.74, 6) is 0.227. The Hall–Kier alpha value is -1.77. The number of rotatable bonds is 1. The zero-order valence-corrected chi connectivity index (χ0v) is 9.15. The van der Waals surface area contributed by atoms with Crippen LogP contribution in [0.4, 0.5) is 0 Å². The molecule has 0 unspecified atom stereocenters. The Morgan fingerprint density at radius 2 is 1.73 bits per heavy atom. The summed E-state index contributed by atoms with van der Waals surface area (Å²) in [4.78, 5) is 0. The van der Waals surface area contributed by atoms with E-state index in [2.05, 4.69) is 5.10 Å². The summed E-state index contributed by atoms with van der Waals surface area (Å²) >= 11 is 0. The minimum atomic E-state index is 0.227. The van der Waals surface area contributed by atoms with E-state index in [0.29, 0.717) is 0 Å². The van der Waals surface area contributed by atoms with E-state index in [9.17, 15) is 5.11 Å². The predicted molar refractivity (Wildman–Crippen MR) is 59.8 cm³/mol. The van der Waals surface area contributed by atoms with Crippen molar-refractivity contribution in [3.05, 3.63) is 35.4 Å². The van der Waals surface area contributed by atoms with Crippen LogP contribution in [-0.2, 0) is 7.05 Å². The quantitative estimate of drug-likeness (QED) is 0.771. The Labute approximate surface area is 89.0 Å². The molecule has 78 valence electrons. The highest BCUT2D eigenvalue weighted by Gasteiger charge is 2.12. The summed E-state index contributed by atoms with van der Waals surface area (Å²) in [6, 6.07) is 8.12. The van der Waals surface area contributed by atoms with Gasteiger partial charge in [0.15, 0.2) is 0 Å². The van der Waals surface area contributed by atoms with Crippen molar-refractivity contribution in [3.63, 3.8) is 0 Å². The SMILES string of the molecule is Cc1ccc(-c2nn(C)c(O)c2C)cc1. The van der Waals surface area contributed by atoms with Crippen LogP contribution in [0.1, 0.15) is 11.1 Å². The molecular weight excluding hydrogens is 188 g/mol. The summed E-state index contributed by atoms with van der Waals surface area (Å²) < 4.78 is 1.49. The fourth-order valence-corrected chi connectivity index (χ4v) is 1.61. The van der Waals surface area contributed by atoms with Gasteiger partial charge in [0.2, 0.25) is 5.88 Å². The molecule has 2 rings (SSSR count). The highest BCUT2D eigenvalue weighted by molar-refractivity contribution is 5.65. The van der Waals surface area contributed by atoms with Gasteiger partial charge in [-0.15, -0.1) is 0 Å². The average Bonchev–Trinajstić information content (AvgIpc) is 2.47. The molecule has 0 aliphatic heterocycles. The minimum Gasteiger partial charge on any atom is -0.493 e. The van der Waals surface area contributed by atoms with Crippen molar-refractivity contribution in [2.24, 2.45) is 7.05 Å². The third-order valence-corrected chi connectivity index (χ3v) is 2.57. The second-order valence-corrected chi connectivity index (χ2v) is 3.79. The van der Waals surface area contributed by atoms with Crippen LogP contribution in [0.15, 0.2) is 24.3 Å². The molecule has 3 nitrogen and oxygen atoms in total. The van der Waals surface area contributed by atoms with Gasteiger partial charge >= 0.3 is 0 Å². The molecule has 0 saturated heterocycles. The molecule has 3 heteroatoms. The number of hydrogen-bond acceptors (Lipinski definition) is 2. The lowest BCUT2D eigenvalue weighted by Gasteiger charge is -1.98. The Bertz CT molecular complexity index is 483. The molecular formula is C12H14N2O. The molecule has 0 atom stereocenters. The molecule has 0 fully saturated rings. The number of nitrogens with zero attached hydrogens (tertiary/aromatic N) is 2. The van der Waals surface area contributed by atoms with Crippen LogP contribution in [-0.4, -0.2) is 14.9 Å². The van der Waals surface area contributed by atoms with Crippen molar-refractivity contribution in [2.45, 2.75) is 13.8 Å². The van der Waals surface area contributed by atoms with Crippen molar-refractivity contribution in [1.29, 1.82) is 0 Å². The van der Waals surface area contributed by atoms with Crippen LogP contribution < -0.4 is 0 Å². The first kappa shape index (κ1) is 9.77. The zero-order chi connectivity index (χ0) is 11.0. The second-order valence-electron chi connectivity index (χ2n) is 3.79. The minimum absolute atomic E-state index is 0.227. The standard InChI is InChI=1S/C12H14N2O/c1-8-4-6-10(7-5-8)11-9(2)12(15)14(3)13-11/h4-7,15H,1-3H3. The molecule has 1 heterocycles. The fourth-order valence-electron chi connectivity index (χ4n) is 1.61. The van der Waals surface area contributed by atoms with E-state index in [0.717, 1.165) is 16.8 Å². The van der Waals surface area contributed by atoms with E-state index < -0.39 is 0 Å². The highest BCUT2D eigenvalue weighted by Crippen LogP contribution is 2.27. The molecule has 0 aliphatic carbocycles. The Kier molecular flexibility index (Phi) is 2.23. The summed E-state index contributed by atoms with van der Waals surface area (Å²) in [5.41, 5.74) is 3.92. The van der Waals surface area contributed by atoms with Gasteiger partial charge in [0.25, 0.3) is 0 Å². The first-order chi connectivity index (χ1) is 7.09. The molecule has 0 saturated carbocycles. The van der Waals surface area contributed by atoms with Gasteiger partial charge in [0.1, 0.15) is 0 Å². The lowest BCUT2D eigenvalue weighted by molar-refractivity contribution is 0.416. The number of benzene rings is 1. The number of aromatic nitrogens is 2. The van der Waals surface area contributed by atoms with E-state index in [4.69, 9.17) is 0 Å². The van der Waals surface area contributed by atoms with E-state index in [1.165, 1.54) is 10.2 Å². The van der Waals surface area contributed by atoms with Crippen molar-refractivity contribution in [2.75, 3.05) is 0 Å². The third-order valence-electron chi connectivity index (χ3n) is 2.57. The second kappa shape index (κ2) is 3.42. The van der Waals surface area contributed by atoms with Gasteiger partial charge < -0.3 is 5.11 Å². The number of hydrogen-bond donors (Lipinski definition) is 1. The molecule has 1 aromatic carbocycles. The highest BCUT2D eigenvalue weighted by atomic mass is 16.3. The van der Waals surface area contributed by atoms with Crippen LogP contribution in [0.25, 0.3) is 11.3 Å². The predicted octanol–water partition coefficient (Wildman–Crippen LogP) is 2.41. The largest absolute Gasteiger partial charge is 0.493 e. The summed E-state index contributed by atoms with van der Waals surface area (Å²) in [6.07, 6.45) is 0. The molecule has 2 aromatic rings. The van der Waals surface area contributed by atoms with Gasteiger partial charge in [-0.3, -0.25) is 0 Å². The van der Waals surface area contributed by atoms with Crippen molar-refractivity contribution in [1.82, 2.24) is 9.78 Å². The van der Waals surface area contributed by atoms with Gasteiger partial charge in [-0.2, -0.15) is 5.10 Å². The van der Waals surface area contributed by atoms with E-state index in [1.54, 1.807) is 7.05 Å². The van der Waals surface area contributed by atoms with E-state index in [-0.39, 0.29) is 5.88 Å². The van der Waals surface area contributed by atoms with Crippen molar-refractivity contribution in [3.8, 4) is 17.1 Å². The first-order valence-corrected chi connectivity index (χ1v) is 4.89. The number of aromatic hydroxyl groups is 1.